The van der Waals surface area contributed by atoms with Gasteiger partial charge in [0.2, 0.25) is 10.0 Å². The lowest BCUT2D eigenvalue weighted by molar-refractivity contribution is 0.302. The highest BCUT2D eigenvalue weighted by Crippen LogP contribution is 2.29. The van der Waals surface area contributed by atoms with Crippen molar-refractivity contribution in [3.63, 3.8) is 0 Å². The lowest BCUT2D eigenvalue weighted by Gasteiger charge is -2.21. The monoisotopic (exact) mass is 361 g/mol. The van der Waals surface area contributed by atoms with Gasteiger partial charge in [0, 0.05) is 30.1 Å². The van der Waals surface area contributed by atoms with Crippen LogP contribution >= 0.6 is 15.9 Å². The van der Waals surface area contributed by atoms with Crippen molar-refractivity contribution in [2.75, 3.05) is 27.2 Å². The molecule has 2 N–H and O–H groups in total. The van der Waals surface area contributed by atoms with Gasteiger partial charge in [-0.2, -0.15) is 4.31 Å². The first-order valence-electron chi connectivity index (χ1n) is 6.51. The Morgan fingerprint density at radius 3 is 2.70 bits per heavy atom. The lowest BCUT2D eigenvalue weighted by Crippen LogP contribution is -2.34. The van der Waals surface area contributed by atoms with E-state index in [1.165, 1.54) is 0 Å². The van der Waals surface area contributed by atoms with Crippen molar-refractivity contribution in [3.05, 3.63) is 28.2 Å². The number of nitrogens with zero attached hydrogens (tertiary/aromatic N) is 2. The average Bonchev–Trinajstić information content (AvgIpc) is 2.89. The molecule has 0 bridgehead atoms. The van der Waals surface area contributed by atoms with E-state index in [0.29, 0.717) is 29.0 Å². The summed E-state index contributed by atoms with van der Waals surface area (Å²) in [5.41, 5.74) is 6.41. The maximum atomic E-state index is 12.7. The maximum Gasteiger partial charge on any atom is 0.244 e. The van der Waals surface area contributed by atoms with E-state index in [9.17, 15) is 8.42 Å². The first-order valence-corrected chi connectivity index (χ1v) is 8.74. The molecule has 2 rings (SSSR count). The van der Waals surface area contributed by atoms with Gasteiger partial charge in [-0.3, -0.25) is 0 Å². The van der Waals surface area contributed by atoms with Crippen LogP contribution in [-0.2, 0) is 16.6 Å². The standard InChI is InChI=1S/C13H20BrN3O2S/c1-16(2)11-5-6-17(9-11)20(18,19)13-7-10(8-15)3-4-12(13)14/h3-4,7,11H,5-6,8-9,15H2,1-2H3. The molecule has 0 spiro atoms. The molecule has 1 saturated heterocycles. The van der Waals surface area contributed by atoms with Crippen LogP contribution < -0.4 is 5.73 Å². The fourth-order valence-electron chi connectivity index (χ4n) is 2.36. The highest BCUT2D eigenvalue weighted by atomic mass is 79.9. The molecule has 1 heterocycles. The predicted molar refractivity (Wildman–Crippen MR) is 82.9 cm³/mol. The summed E-state index contributed by atoms with van der Waals surface area (Å²) in [6.07, 6.45) is 0.862. The average molecular weight is 362 g/mol. The van der Waals surface area contributed by atoms with Crippen molar-refractivity contribution >= 4 is 26.0 Å². The van der Waals surface area contributed by atoms with Gasteiger partial charge in [0.05, 0.1) is 4.90 Å². The number of rotatable bonds is 4. The largest absolute Gasteiger partial charge is 0.326 e. The van der Waals surface area contributed by atoms with Crippen molar-refractivity contribution in [1.82, 2.24) is 9.21 Å². The second kappa shape index (κ2) is 6.11. The number of halogens is 1. The zero-order chi connectivity index (χ0) is 14.9. The highest BCUT2D eigenvalue weighted by molar-refractivity contribution is 9.10. The smallest absolute Gasteiger partial charge is 0.244 e. The van der Waals surface area contributed by atoms with E-state index in [1.54, 1.807) is 16.4 Å². The molecular weight excluding hydrogens is 342 g/mol. The summed E-state index contributed by atoms with van der Waals surface area (Å²) in [6, 6.07) is 5.51. The third-order valence-corrected chi connectivity index (χ3v) is 6.56. The van der Waals surface area contributed by atoms with Gasteiger partial charge in [0.25, 0.3) is 0 Å². The third kappa shape index (κ3) is 3.07. The molecule has 7 heteroatoms. The molecule has 1 aliphatic rings. The Labute approximate surface area is 128 Å². The van der Waals surface area contributed by atoms with Gasteiger partial charge in [-0.25, -0.2) is 8.42 Å². The van der Waals surface area contributed by atoms with Gasteiger partial charge < -0.3 is 10.6 Å². The van der Waals surface area contributed by atoms with Crippen LogP contribution in [-0.4, -0.2) is 50.8 Å². The molecular formula is C13H20BrN3O2S. The van der Waals surface area contributed by atoms with E-state index < -0.39 is 10.0 Å². The summed E-state index contributed by atoms with van der Waals surface area (Å²) in [7, 11) is 0.492. The summed E-state index contributed by atoms with van der Waals surface area (Å²) < 4.78 is 27.6. The summed E-state index contributed by atoms with van der Waals surface area (Å²) >= 11 is 3.33. The molecule has 0 saturated carbocycles. The Kier molecular flexibility index (Phi) is 4.86. The number of likely N-dealkylation sites (N-methyl/N-ethyl adjacent to an activating group) is 1. The van der Waals surface area contributed by atoms with Crippen LogP contribution in [0.25, 0.3) is 0 Å². The Balaban J connectivity index is 2.32. The predicted octanol–water partition coefficient (Wildman–Crippen LogP) is 1.23. The SMILES string of the molecule is CN(C)C1CCN(S(=O)(=O)c2cc(CN)ccc2Br)C1. The van der Waals surface area contributed by atoms with Crippen molar-refractivity contribution < 1.29 is 8.42 Å². The van der Waals surface area contributed by atoms with Crippen molar-refractivity contribution in [1.29, 1.82) is 0 Å². The second-order valence-corrected chi connectivity index (χ2v) is 8.00. The van der Waals surface area contributed by atoms with Gasteiger partial charge >= 0.3 is 0 Å². The Morgan fingerprint density at radius 1 is 1.45 bits per heavy atom. The van der Waals surface area contributed by atoms with Gasteiger partial charge in [0.15, 0.2) is 0 Å². The van der Waals surface area contributed by atoms with E-state index in [1.807, 2.05) is 20.2 Å². The van der Waals surface area contributed by atoms with E-state index in [4.69, 9.17) is 5.73 Å². The number of benzene rings is 1. The Morgan fingerprint density at radius 2 is 2.15 bits per heavy atom. The molecule has 1 unspecified atom stereocenters. The zero-order valence-corrected chi connectivity index (χ0v) is 14.1. The molecule has 0 radical (unpaired) electrons. The Bertz CT molecular complexity index is 589. The first kappa shape index (κ1) is 15.9. The molecule has 0 aliphatic carbocycles. The molecule has 1 aromatic carbocycles. The van der Waals surface area contributed by atoms with E-state index in [2.05, 4.69) is 20.8 Å². The summed E-state index contributed by atoms with van der Waals surface area (Å²) in [4.78, 5) is 2.38. The number of sulfonamides is 1. The zero-order valence-electron chi connectivity index (χ0n) is 11.7. The summed E-state index contributed by atoms with van der Waals surface area (Å²) in [6.45, 7) is 1.43. The van der Waals surface area contributed by atoms with E-state index in [-0.39, 0.29) is 6.04 Å². The minimum atomic E-state index is -3.46. The van der Waals surface area contributed by atoms with Gasteiger partial charge in [-0.05, 0) is 54.1 Å². The van der Waals surface area contributed by atoms with Crippen LogP contribution in [0.2, 0.25) is 0 Å². The number of hydrogen-bond donors (Lipinski definition) is 1. The first-order chi connectivity index (χ1) is 9.36. The molecule has 5 nitrogen and oxygen atoms in total. The van der Waals surface area contributed by atoms with Crippen molar-refractivity contribution in [3.8, 4) is 0 Å². The topological polar surface area (TPSA) is 66.6 Å². The maximum absolute atomic E-state index is 12.7. The lowest BCUT2D eigenvalue weighted by atomic mass is 10.2. The molecule has 1 atom stereocenters. The van der Waals surface area contributed by atoms with Crippen LogP contribution in [0.5, 0.6) is 0 Å². The van der Waals surface area contributed by atoms with Crippen LogP contribution in [0.15, 0.2) is 27.6 Å². The van der Waals surface area contributed by atoms with Crippen molar-refractivity contribution in [2.24, 2.45) is 5.73 Å². The Hall–Kier alpha value is -0.470. The summed E-state index contributed by atoms with van der Waals surface area (Å²) in [5.74, 6) is 0. The molecule has 20 heavy (non-hydrogen) atoms. The second-order valence-electron chi connectivity index (χ2n) is 5.24. The van der Waals surface area contributed by atoms with Gasteiger partial charge in [-0.15, -0.1) is 0 Å². The number of hydrogen-bond acceptors (Lipinski definition) is 4. The van der Waals surface area contributed by atoms with Crippen LogP contribution in [0, 0.1) is 0 Å². The van der Waals surface area contributed by atoms with Gasteiger partial charge in [0.1, 0.15) is 0 Å². The van der Waals surface area contributed by atoms with Crippen molar-refractivity contribution in [2.45, 2.75) is 23.9 Å². The molecule has 0 aromatic heterocycles. The minimum absolute atomic E-state index is 0.279. The molecule has 1 fully saturated rings. The quantitative estimate of drug-likeness (QED) is 0.875. The van der Waals surface area contributed by atoms with Crippen LogP contribution in [0.4, 0.5) is 0 Å². The third-order valence-electron chi connectivity index (χ3n) is 3.71. The van der Waals surface area contributed by atoms with E-state index >= 15 is 0 Å². The highest BCUT2D eigenvalue weighted by Gasteiger charge is 2.34. The normalized spacial score (nSPS) is 20.8. The van der Waals surface area contributed by atoms with E-state index in [0.717, 1.165) is 12.0 Å². The molecule has 0 amide bonds. The number of nitrogens with two attached hydrogens (primary N) is 1. The summed E-state index contributed by atoms with van der Waals surface area (Å²) in [5, 5.41) is 0. The van der Waals surface area contributed by atoms with Gasteiger partial charge in [-0.1, -0.05) is 6.07 Å². The fourth-order valence-corrected chi connectivity index (χ4v) is 4.83. The minimum Gasteiger partial charge on any atom is -0.326 e. The molecule has 112 valence electrons. The van der Waals surface area contributed by atoms with Crippen LogP contribution in [0.1, 0.15) is 12.0 Å². The fraction of sp³-hybridized carbons (Fsp3) is 0.538. The molecule has 1 aromatic rings. The molecule has 1 aliphatic heterocycles. The van der Waals surface area contributed by atoms with Crippen LogP contribution in [0.3, 0.4) is 0 Å².